The van der Waals surface area contributed by atoms with Crippen molar-refractivity contribution in [3.05, 3.63) is 58.4 Å². The van der Waals surface area contributed by atoms with Crippen LogP contribution in [0.3, 0.4) is 0 Å². The Morgan fingerprint density at radius 2 is 1.57 bits per heavy atom. The molecule has 0 aliphatic carbocycles. The molecule has 2 rings (SSSR count). The van der Waals surface area contributed by atoms with Gasteiger partial charge in [-0.25, -0.2) is 4.39 Å². The van der Waals surface area contributed by atoms with Gasteiger partial charge in [0.25, 0.3) is 5.91 Å². The van der Waals surface area contributed by atoms with Crippen molar-refractivity contribution in [2.75, 3.05) is 5.32 Å². The number of phenols is 1. The summed E-state index contributed by atoms with van der Waals surface area (Å²) >= 11 is 5.98. The number of alkyl halides is 3. The van der Waals surface area contributed by atoms with E-state index in [2.05, 4.69) is 5.32 Å². The van der Waals surface area contributed by atoms with Crippen LogP contribution >= 0.6 is 11.6 Å². The van der Waals surface area contributed by atoms with Gasteiger partial charge in [0.2, 0.25) is 0 Å². The number of hydrogen-bond acceptors (Lipinski definition) is 4. The van der Waals surface area contributed by atoms with Crippen LogP contribution in [0.2, 0.25) is 5.02 Å². The lowest BCUT2D eigenvalue weighted by Crippen LogP contribution is -2.12. The second-order valence-corrected chi connectivity index (χ2v) is 5.29. The summed E-state index contributed by atoms with van der Waals surface area (Å²) in [6.07, 6.45) is -4.00. The molecule has 10 heteroatoms. The third kappa shape index (κ3) is 11.6. The summed E-state index contributed by atoms with van der Waals surface area (Å²) in [6, 6.07) is 8.29. The first kappa shape index (κ1) is 27.3. The van der Waals surface area contributed by atoms with Gasteiger partial charge in [-0.05, 0) is 42.8 Å². The van der Waals surface area contributed by atoms with Crippen LogP contribution in [0.1, 0.15) is 22.8 Å². The van der Waals surface area contributed by atoms with Crippen molar-refractivity contribution in [3.8, 4) is 5.75 Å². The first-order chi connectivity index (χ1) is 13.0. The normalized spacial score (nSPS) is 9.39. The lowest BCUT2D eigenvalue weighted by molar-refractivity contribution is -0.110. The molecule has 0 bridgehead atoms. The SMILES string of the molecule is C=O.C=O.CC(F)(F)F.Cc1ccc(NC(=O)c2cc(F)ccc2O)c(Cl)c1. The van der Waals surface area contributed by atoms with E-state index in [1.165, 1.54) is 0 Å². The van der Waals surface area contributed by atoms with Crippen LogP contribution in [0.4, 0.5) is 23.2 Å². The van der Waals surface area contributed by atoms with Crippen molar-refractivity contribution in [2.24, 2.45) is 0 Å². The summed E-state index contributed by atoms with van der Waals surface area (Å²) < 4.78 is 44.1. The fourth-order valence-electron chi connectivity index (χ4n) is 1.60. The topological polar surface area (TPSA) is 83.5 Å². The number of aromatic hydroxyl groups is 1. The number of anilines is 1. The summed E-state index contributed by atoms with van der Waals surface area (Å²) in [5.41, 5.74) is 1.22. The van der Waals surface area contributed by atoms with Crippen molar-refractivity contribution >= 4 is 36.8 Å². The van der Waals surface area contributed by atoms with Gasteiger partial charge in [0.1, 0.15) is 25.1 Å². The summed E-state index contributed by atoms with van der Waals surface area (Å²) in [7, 11) is 0. The van der Waals surface area contributed by atoms with Crippen molar-refractivity contribution in [1.29, 1.82) is 0 Å². The second-order valence-electron chi connectivity index (χ2n) is 4.88. The zero-order chi connectivity index (χ0) is 22.5. The largest absolute Gasteiger partial charge is 0.507 e. The average Bonchev–Trinajstić information content (AvgIpc) is 2.61. The predicted octanol–water partition coefficient (Wildman–Crippen LogP) is 4.94. The molecule has 0 aliphatic heterocycles. The first-order valence-corrected chi connectivity index (χ1v) is 7.55. The van der Waals surface area contributed by atoms with E-state index in [0.717, 1.165) is 23.8 Å². The highest BCUT2D eigenvalue weighted by molar-refractivity contribution is 6.34. The van der Waals surface area contributed by atoms with Crippen molar-refractivity contribution < 1.29 is 37.1 Å². The molecule has 28 heavy (non-hydrogen) atoms. The molecule has 0 spiro atoms. The molecule has 2 N–H and O–H groups in total. The molecule has 0 unspecified atom stereocenters. The highest BCUT2D eigenvalue weighted by Crippen LogP contribution is 2.25. The summed E-state index contributed by atoms with van der Waals surface area (Å²) in [5, 5.41) is 12.4. The number of benzene rings is 2. The van der Waals surface area contributed by atoms with E-state index in [1.54, 1.807) is 18.2 Å². The second kappa shape index (κ2) is 13.3. The fraction of sp³-hybridized carbons (Fsp3) is 0.167. The number of carbonyl (C=O) groups excluding carboxylic acids is 3. The molecule has 0 aromatic heterocycles. The van der Waals surface area contributed by atoms with E-state index in [1.807, 2.05) is 20.5 Å². The molecular formula is C18H18ClF4NO4. The van der Waals surface area contributed by atoms with Gasteiger partial charge in [-0.2, -0.15) is 13.2 Å². The van der Waals surface area contributed by atoms with Crippen molar-refractivity contribution in [1.82, 2.24) is 0 Å². The zero-order valence-corrected chi connectivity index (χ0v) is 15.7. The number of amides is 1. The van der Waals surface area contributed by atoms with Crippen LogP contribution in [0.5, 0.6) is 5.75 Å². The van der Waals surface area contributed by atoms with Gasteiger partial charge in [0.05, 0.1) is 16.3 Å². The molecule has 0 saturated heterocycles. The summed E-state index contributed by atoms with van der Waals surface area (Å²) in [4.78, 5) is 27.9. The van der Waals surface area contributed by atoms with Gasteiger partial charge in [-0.3, -0.25) is 4.79 Å². The number of phenolic OH excluding ortho intramolecular Hbond substituents is 1. The van der Waals surface area contributed by atoms with Crippen LogP contribution in [-0.4, -0.2) is 30.8 Å². The van der Waals surface area contributed by atoms with Gasteiger partial charge in [-0.15, -0.1) is 0 Å². The van der Waals surface area contributed by atoms with Gasteiger partial charge in [0.15, 0.2) is 0 Å². The Kier molecular flexibility index (Phi) is 12.9. The maximum Gasteiger partial charge on any atom is 0.386 e. The minimum absolute atomic E-state index is 0.142. The first-order valence-electron chi connectivity index (χ1n) is 7.18. The number of halogens is 5. The van der Waals surface area contributed by atoms with Crippen LogP contribution in [0.15, 0.2) is 36.4 Å². The lowest BCUT2D eigenvalue weighted by Gasteiger charge is -2.09. The van der Waals surface area contributed by atoms with E-state index in [0.29, 0.717) is 10.7 Å². The number of carbonyl (C=O) groups is 3. The molecule has 2 aromatic rings. The highest BCUT2D eigenvalue weighted by atomic mass is 35.5. The smallest absolute Gasteiger partial charge is 0.386 e. The molecule has 0 atom stereocenters. The van der Waals surface area contributed by atoms with Gasteiger partial charge in [0, 0.05) is 6.92 Å². The Morgan fingerprint density at radius 1 is 1.07 bits per heavy atom. The minimum Gasteiger partial charge on any atom is -0.507 e. The van der Waals surface area contributed by atoms with Crippen molar-refractivity contribution in [2.45, 2.75) is 20.0 Å². The Balaban J connectivity index is 0. The molecule has 1 amide bonds. The van der Waals surface area contributed by atoms with Crippen LogP contribution in [0, 0.1) is 12.7 Å². The quantitative estimate of drug-likeness (QED) is 0.670. The average molecular weight is 424 g/mol. The fourth-order valence-corrected chi connectivity index (χ4v) is 1.88. The number of aryl methyl sites for hydroxylation is 1. The molecule has 0 radical (unpaired) electrons. The van der Waals surface area contributed by atoms with Gasteiger partial charge in [-0.1, -0.05) is 17.7 Å². The summed E-state index contributed by atoms with van der Waals surface area (Å²) in [6.45, 7) is 6.06. The Hall–Kier alpha value is -2.94. The van der Waals surface area contributed by atoms with Gasteiger partial charge < -0.3 is 20.0 Å². The molecule has 0 fully saturated rings. The molecule has 0 aliphatic rings. The zero-order valence-electron chi connectivity index (χ0n) is 14.9. The molecule has 2 aromatic carbocycles. The van der Waals surface area contributed by atoms with E-state index in [-0.39, 0.29) is 18.2 Å². The van der Waals surface area contributed by atoms with Crippen molar-refractivity contribution in [3.63, 3.8) is 0 Å². The maximum atomic E-state index is 13.1. The predicted molar refractivity (Wildman–Crippen MR) is 98.2 cm³/mol. The number of nitrogens with one attached hydrogen (secondary N) is 1. The molecule has 5 nitrogen and oxygen atoms in total. The third-order valence-electron chi connectivity index (χ3n) is 2.58. The Labute approximate surface area is 163 Å². The Bertz CT molecular complexity index is 762. The van der Waals surface area contributed by atoms with Gasteiger partial charge >= 0.3 is 6.18 Å². The van der Waals surface area contributed by atoms with Crippen LogP contribution < -0.4 is 5.32 Å². The van der Waals surface area contributed by atoms with E-state index >= 15 is 0 Å². The molecule has 154 valence electrons. The number of rotatable bonds is 2. The van der Waals surface area contributed by atoms with E-state index < -0.39 is 17.9 Å². The lowest BCUT2D eigenvalue weighted by atomic mass is 10.1. The maximum absolute atomic E-state index is 13.1. The molecule has 0 saturated carbocycles. The van der Waals surface area contributed by atoms with Crippen LogP contribution in [0.25, 0.3) is 0 Å². The summed E-state index contributed by atoms with van der Waals surface area (Å²) in [5.74, 6) is -1.51. The molecule has 0 heterocycles. The minimum atomic E-state index is -4.00. The van der Waals surface area contributed by atoms with E-state index in [9.17, 15) is 27.5 Å². The molecular weight excluding hydrogens is 406 g/mol. The van der Waals surface area contributed by atoms with Crippen LogP contribution in [-0.2, 0) is 9.59 Å². The number of hydrogen-bond donors (Lipinski definition) is 2. The highest BCUT2D eigenvalue weighted by Gasteiger charge is 2.15. The standard InChI is InChI=1S/C14H11ClFNO2.C2H3F3.2CH2O/c1-8-2-4-12(11(15)6-8)17-14(19)10-7-9(16)3-5-13(10)18;1-2(3,4)5;2*1-2/h2-7,18H,1H3,(H,17,19);1H3;2*1H2. The van der Waals surface area contributed by atoms with E-state index in [4.69, 9.17) is 21.2 Å². The monoisotopic (exact) mass is 423 g/mol. The Morgan fingerprint density at radius 3 is 2.04 bits per heavy atom. The third-order valence-corrected chi connectivity index (χ3v) is 2.89.